The van der Waals surface area contributed by atoms with Crippen molar-refractivity contribution in [3.8, 4) is 5.75 Å². The number of anilines is 1. The van der Waals surface area contributed by atoms with Crippen LogP contribution in [0.5, 0.6) is 5.75 Å². The molecule has 4 rings (SSSR count). The number of ether oxygens (including phenoxy) is 2. The summed E-state index contributed by atoms with van der Waals surface area (Å²) in [6, 6.07) is 3.89. The Balaban J connectivity index is 2.05. The number of aliphatic hydroxyl groups excluding tert-OH is 1. The van der Waals surface area contributed by atoms with Gasteiger partial charge in [-0.2, -0.15) is 10.2 Å². The first-order valence-electron chi connectivity index (χ1n) is 12.5. The van der Waals surface area contributed by atoms with Crippen LogP contribution in [0, 0.1) is 12.7 Å². The summed E-state index contributed by atoms with van der Waals surface area (Å²) < 4.78 is 28.0. The van der Waals surface area contributed by atoms with E-state index in [1.807, 2.05) is 0 Å². The number of hydrogen-bond acceptors (Lipinski definition) is 10. The molecule has 214 valence electrons. The summed E-state index contributed by atoms with van der Waals surface area (Å²) in [4.78, 5) is 41.5. The Morgan fingerprint density at radius 1 is 1.30 bits per heavy atom. The summed E-state index contributed by atoms with van der Waals surface area (Å²) in [6.45, 7) is 10.0. The average Bonchev–Trinajstić information content (AvgIpc) is 3.27. The zero-order valence-corrected chi connectivity index (χ0v) is 23.3. The van der Waals surface area contributed by atoms with Crippen LogP contribution in [0.3, 0.4) is 0 Å². The van der Waals surface area contributed by atoms with Gasteiger partial charge in [0.1, 0.15) is 33.0 Å². The van der Waals surface area contributed by atoms with Crippen molar-refractivity contribution in [3.63, 3.8) is 0 Å². The fourth-order valence-electron chi connectivity index (χ4n) is 5.01. The van der Waals surface area contributed by atoms with E-state index < -0.39 is 34.6 Å². The van der Waals surface area contributed by atoms with Gasteiger partial charge in [-0.25, -0.2) is 13.8 Å². The van der Waals surface area contributed by atoms with Gasteiger partial charge >= 0.3 is 5.69 Å². The third kappa shape index (κ3) is 4.93. The van der Waals surface area contributed by atoms with Gasteiger partial charge in [0.25, 0.3) is 5.56 Å². The molecule has 1 fully saturated rings. The van der Waals surface area contributed by atoms with Crippen LogP contribution in [-0.2, 0) is 21.6 Å². The SMILES string of the molecule is C=NN(N=C)c1sc2c(c1C)c(=O)n([C@@]1(C)CCCNC1=O)c(=O)n2C[C@H](OCCO)c1cc(F)ccc1OC. The third-order valence-electron chi connectivity index (χ3n) is 7.04. The molecule has 1 amide bonds. The van der Waals surface area contributed by atoms with Gasteiger partial charge in [0.15, 0.2) is 0 Å². The number of piperidine rings is 1. The number of aryl methyl sites for hydroxylation is 1. The standard InChI is InChI=1S/C26H31FN6O6S/c1-15-20-21(35)32(26(2)9-6-10-30-24(26)36)25(37)31(23(20)40-22(15)33(28-3)29-4)14-19(39-12-11-34)17-13-16(27)7-8-18(17)38-5/h7-8,13,19,34H,3-4,6,9-12,14H2,1-2,5H3,(H,30,36)/t19-,26-/m0/s1. The van der Waals surface area contributed by atoms with Crippen molar-refractivity contribution in [2.75, 3.05) is 32.0 Å². The summed E-state index contributed by atoms with van der Waals surface area (Å²) in [5, 5.41) is 21.6. The van der Waals surface area contributed by atoms with Crippen LogP contribution < -0.4 is 26.4 Å². The van der Waals surface area contributed by atoms with E-state index in [0.29, 0.717) is 34.8 Å². The molecule has 1 aliphatic heterocycles. The van der Waals surface area contributed by atoms with Crippen LogP contribution in [0.15, 0.2) is 38.0 Å². The van der Waals surface area contributed by atoms with Crippen LogP contribution in [0.2, 0.25) is 0 Å². The fraction of sp³-hybridized carbons (Fsp3) is 0.423. The molecular weight excluding hydrogens is 543 g/mol. The number of benzene rings is 1. The second-order valence-electron chi connectivity index (χ2n) is 9.42. The summed E-state index contributed by atoms with van der Waals surface area (Å²) in [7, 11) is 1.42. The zero-order valence-electron chi connectivity index (χ0n) is 22.5. The number of aromatic nitrogens is 2. The maximum Gasteiger partial charge on any atom is 0.333 e. The highest BCUT2D eigenvalue weighted by atomic mass is 32.1. The van der Waals surface area contributed by atoms with E-state index in [0.717, 1.165) is 21.0 Å². The molecule has 0 spiro atoms. The Morgan fingerprint density at radius 2 is 2.02 bits per heavy atom. The largest absolute Gasteiger partial charge is 0.496 e. The Bertz CT molecular complexity index is 1570. The molecule has 0 radical (unpaired) electrons. The number of methoxy groups -OCH3 is 1. The summed E-state index contributed by atoms with van der Waals surface area (Å²) in [6.07, 6.45) is -0.140. The molecule has 40 heavy (non-hydrogen) atoms. The van der Waals surface area contributed by atoms with Gasteiger partial charge in [0.05, 0.1) is 32.3 Å². The van der Waals surface area contributed by atoms with E-state index in [1.165, 1.54) is 29.9 Å². The van der Waals surface area contributed by atoms with E-state index in [9.17, 15) is 23.9 Å². The van der Waals surface area contributed by atoms with Gasteiger partial charge in [-0.15, -0.1) is 5.12 Å². The van der Waals surface area contributed by atoms with E-state index in [1.54, 1.807) is 13.8 Å². The Kier molecular flexibility index (Phi) is 8.51. The molecule has 3 heterocycles. The number of halogens is 1. The van der Waals surface area contributed by atoms with E-state index >= 15 is 0 Å². The number of nitrogens with zero attached hydrogens (tertiary/aromatic N) is 5. The van der Waals surface area contributed by atoms with Gasteiger partial charge in [-0.05, 0) is 44.9 Å². The molecule has 3 aromatic rings. The van der Waals surface area contributed by atoms with E-state index in [2.05, 4.69) is 29.0 Å². The molecule has 1 saturated heterocycles. The number of thiophene rings is 1. The van der Waals surface area contributed by atoms with E-state index in [-0.39, 0.29) is 36.4 Å². The minimum absolute atomic E-state index is 0.120. The Hall–Kier alpha value is -3.88. The van der Waals surface area contributed by atoms with Crippen molar-refractivity contribution < 1.29 is 23.8 Å². The third-order valence-corrected chi connectivity index (χ3v) is 8.32. The Morgan fingerprint density at radius 3 is 2.65 bits per heavy atom. The van der Waals surface area contributed by atoms with E-state index in [4.69, 9.17) is 9.47 Å². The number of carbonyl (C=O) groups is 1. The van der Waals surface area contributed by atoms with Crippen LogP contribution >= 0.6 is 11.3 Å². The quantitative estimate of drug-likeness (QED) is 0.264. The lowest BCUT2D eigenvalue weighted by Gasteiger charge is -2.34. The van der Waals surface area contributed by atoms with Crippen molar-refractivity contribution in [1.29, 1.82) is 0 Å². The number of aliphatic hydroxyl groups is 1. The second-order valence-corrected chi connectivity index (χ2v) is 10.4. The maximum atomic E-state index is 14.4. The maximum absolute atomic E-state index is 14.4. The average molecular weight is 575 g/mol. The summed E-state index contributed by atoms with van der Waals surface area (Å²) in [5.41, 5.74) is -2.08. The number of rotatable bonds is 11. The van der Waals surface area contributed by atoms with Crippen LogP contribution in [0.25, 0.3) is 10.2 Å². The molecule has 0 bridgehead atoms. The van der Waals surface area contributed by atoms with Crippen molar-refractivity contribution in [1.82, 2.24) is 14.5 Å². The second kappa shape index (κ2) is 11.7. The van der Waals surface area contributed by atoms with Gasteiger partial charge in [0, 0.05) is 31.1 Å². The van der Waals surface area contributed by atoms with Crippen LogP contribution in [0.1, 0.15) is 37.0 Å². The number of hydrogen-bond donors (Lipinski definition) is 2. The summed E-state index contributed by atoms with van der Waals surface area (Å²) >= 11 is 1.06. The lowest BCUT2D eigenvalue weighted by atomic mass is 9.91. The zero-order chi connectivity index (χ0) is 29.2. The number of nitrogens with one attached hydrogen (secondary N) is 1. The van der Waals surface area contributed by atoms with Crippen LogP contribution in [0.4, 0.5) is 9.39 Å². The molecule has 12 nitrogen and oxygen atoms in total. The van der Waals surface area contributed by atoms with Crippen molar-refractivity contribution >= 4 is 45.9 Å². The molecule has 0 aliphatic carbocycles. The van der Waals surface area contributed by atoms with Crippen molar-refractivity contribution in [3.05, 3.63) is 56.0 Å². The lowest BCUT2D eigenvalue weighted by molar-refractivity contribution is -0.131. The Labute approximate surface area is 232 Å². The molecule has 2 aromatic heterocycles. The number of amides is 1. The molecule has 2 atom stereocenters. The molecule has 2 N–H and O–H groups in total. The molecule has 0 unspecified atom stereocenters. The summed E-state index contributed by atoms with van der Waals surface area (Å²) in [5.74, 6) is -0.693. The fourth-order valence-corrected chi connectivity index (χ4v) is 6.25. The van der Waals surface area contributed by atoms with Gasteiger partial charge in [0.2, 0.25) is 5.91 Å². The topological polar surface area (TPSA) is 140 Å². The minimum atomic E-state index is -1.46. The molecular formula is C26H31FN6O6S. The first-order chi connectivity index (χ1) is 19.1. The lowest BCUT2D eigenvalue weighted by Crippen LogP contribution is -2.59. The van der Waals surface area contributed by atoms with Gasteiger partial charge < -0.3 is 19.9 Å². The number of hydrazone groups is 2. The molecule has 14 heteroatoms. The van der Waals surface area contributed by atoms with Gasteiger partial charge in [-0.3, -0.25) is 14.2 Å². The van der Waals surface area contributed by atoms with Crippen molar-refractivity contribution in [2.24, 2.45) is 10.2 Å². The highest BCUT2D eigenvalue weighted by molar-refractivity contribution is 7.22. The normalized spacial score (nSPS) is 17.9. The highest BCUT2D eigenvalue weighted by Gasteiger charge is 2.41. The monoisotopic (exact) mass is 574 g/mol. The van der Waals surface area contributed by atoms with Gasteiger partial charge in [-0.1, -0.05) is 11.3 Å². The number of carbonyl (C=O) groups excluding carboxylic acids is 1. The molecule has 0 saturated carbocycles. The number of fused-ring (bicyclic) bond motifs is 1. The highest BCUT2D eigenvalue weighted by Crippen LogP contribution is 2.38. The molecule has 1 aliphatic rings. The predicted octanol–water partition coefficient (Wildman–Crippen LogP) is 2.09. The van der Waals surface area contributed by atoms with Crippen LogP contribution in [-0.4, -0.2) is 60.5 Å². The first-order valence-corrected chi connectivity index (χ1v) is 13.3. The first kappa shape index (κ1) is 29.1. The molecule has 1 aromatic carbocycles. The predicted molar refractivity (Wildman–Crippen MR) is 151 cm³/mol. The van der Waals surface area contributed by atoms with Crippen molar-refractivity contribution in [2.45, 2.75) is 44.9 Å². The smallest absolute Gasteiger partial charge is 0.333 e. The minimum Gasteiger partial charge on any atom is -0.496 e.